The topological polar surface area (TPSA) is 81.5 Å². The molecule has 114 valence electrons. The molecule has 0 aliphatic heterocycles. The summed E-state index contributed by atoms with van der Waals surface area (Å²) in [7, 11) is -3.80. The summed E-state index contributed by atoms with van der Waals surface area (Å²) >= 11 is 0. The number of aromatic nitrogens is 2. The highest BCUT2D eigenvalue weighted by Crippen LogP contribution is 2.16. The van der Waals surface area contributed by atoms with Crippen LogP contribution in [-0.2, 0) is 26.1 Å². The number of nitrogens with zero attached hydrogens (tertiary/aromatic N) is 3. The first-order valence-electron chi connectivity index (χ1n) is 6.52. The van der Waals surface area contributed by atoms with Crippen LogP contribution < -0.4 is 0 Å². The van der Waals surface area contributed by atoms with Crippen molar-refractivity contribution < 1.29 is 17.9 Å². The van der Waals surface area contributed by atoms with Gasteiger partial charge in [0.15, 0.2) is 5.03 Å². The van der Waals surface area contributed by atoms with E-state index in [1.807, 2.05) is 6.92 Å². The first-order chi connectivity index (χ1) is 9.32. The summed E-state index contributed by atoms with van der Waals surface area (Å²) < 4.78 is 32.5. The number of carbonyl (C=O) groups is 1. The molecule has 20 heavy (non-hydrogen) atoms. The number of hydrogen-bond acceptors (Lipinski definition) is 5. The highest BCUT2D eigenvalue weighted by Gasteiger charge is 2.31. The summed E-state index contributed by atoms with van der Waals surface area (Å²) in [4.78, 5) is 15.4. The highest BCUT2D eigenvalue weighted by molar-refractivity contribution is 7.89. The monoisotopic (exact) mass is 303 g/mol. The lowest BCUT2D eigenvalue weighted by molar-refractivity contribution is -0.143. The molecule has 7 nitrogen and oxygen atoms in total. The SMILES string of the molecule is CCOC(=O)CN(C(C)C)S(=O)(=O)c1cn(CC)cn1. The zero-order chi connectivity index (χ0) is 15.3. The summed E-state index contributed by atoms with van der Waals surface area (Å²) in [5, 5.41) is -0.0580. The molecule has 1 heterocycles. The molecule has 0 fully saturated rings. The highest BCUT2D eigenvalue weighted by atomic mass is 32.2. The van der Waals surface area contributed by atoms with Crippen molar-refractivity contribution in [3.05, 3.63) is 12.5 Å². The Morgan fingerprint density at radius 3 is 2.55 bits per heavy atom. The second-order valence-corrected chi connectivity index (χ2v) is 6.33. The molecule has 0 N–H and O–H groups in total. The molecule has 0 bridgehead atoms. The smallest absolute Gasteiger partial charge is 0.321 e. The van der Waals surface area contributed by atoms with Gasteiger partial charge in [-0.15, -0.1) is 0 Å². The van der Waals surface area contributed by atoms with Gasteiger partial charge in [0, 0.05) is 18.8 Å². The fraction of sp³-hybridized carbons (Fsp3) is 0.667. The molecule has 0 saturated carbocycles. The average molecular weight is 303 g/mol. The van der Waals surface area contributed by atoms with Gasteiger partial charge in [-0.1, -0.05) is 0 Å². The first-order valence-corrected chi connectivity index (χ1v) is 7.96. The predicted octanol–water partition coefficient (Wildman–Crippen LogP) is 0.865. The Morgan fingerprint density at radius 1 is 1.45 bits per heavy atom. The normalized spacial score (nSPS) is 12.1. The molecule has 0 saturated heterocycles. The zero-order valence-corrected chi connectivity index (χ0v) is 13.1. The van der Waals surface area contributed by atoms with Crippen molar-refractivity contribution in [2.24, 2.45) is 0 Å². The van der Waals surface area contributed by atoms with E-state index in [0.29, 0.717) is 6.54 Å². The van der Waals surface area contributed by atoms with E-state index in [1.165, 1.54) is 12.5 Å². The molecule has 1 rings (SSSR count). The van der Waals surface area contributed by atoms with E-state index < -0.39 is 16.0 Å². The van der Waals surface area contributed by atoms with E-state index in [2.05, 4.69) is 4.98 Å². The second kappa shape index (κ2) is 6.85. The van der Waals surface area contributed by atoms with E-state index in [9.17, 15) is 13.2 Å². The third-order valence-corrected chi connectivity index (χ3v) is 4.62. The minimum atomic E-state index is -3.80. The maximum absolute atomic E-state index is 12.5. The molecule has 1 aromatic heterocycles. The summed E-state index contributed by atoms with van der Waals surface area (Å²) in [5.74, 6) is -0.570. The lowest BCUT2D eigenvalue weighted by Gasteiger charge is -2.23. The summed E-state index contributed by atoms with van der Waals surface area (Å²) in [6.45, 7) is 7.50. The van der Waals surface area contributed by atoms with Gasteiger partial charge in [-0.05, 0) is 27.7 Å². The number of ether oxygens (including phenoxy) is 1. The first kappa shape index (κ1) is 16.6. The Kier molecular flexibility index (Phi) is 5.70. The van der Waals surface area contributed by atoms with Crippen LogP contribution in [0.3, 0.4) is 0 Å². The lowest BCUT2D eigenvalue weighted by Crippen LogP contribution is -2.41. The molecule has 0 atom stereocenters. The van der Waals surface area contributed by atoms with E-state index >= 15 is 0 Å². The molecule has 0 aliphatic rings. The van der Waals surface area contributed by atoms with Crippen molar-refractivity contribution in [2.45, 2.75) is 45.3 Å². The Morgan fingerprint density at radius 2 is 2.10 bits per heavy atom. The molecule has 0 spiro atoms. The van der Waals surface area contributed by atoms with Gasteiger partial charge >= 0.3 is 5.97 Å². The molecule has 0 aromatic carbocycles. The molecule has 0 amide bonds. The second-order valence-electron chi connectivity index (χ2n) is 4.49. The van der Waals surface area contributed by atoms with Gasteiger partial charge in [0.2, 0.25) is 0 Å². The number of hydrogen-bond donors (Lipinski definition) is 0. The number of rotatable bonds is 7. The predicted molar refractivity (Wildman–Crippen MR) is 73.6 cm³/mol. The number of sulfonamides is 1. The lowest BCUT2D eigenvalue weighted by atomic mass is 10.4. The molecule has 0 aliphatic carbocycles. The standard InChI is InChI=1S/C12H21N3O4S/c1-5-14-7-11(13-9-14)20(17,18)15(10(3)4)8-12(16)19-6-2/h7,9-10H,5-6,8H2,1-4H3. The Balaban J connectivity index is 3.03. The maximum Gasteiger partial charge on any atom is 0.321 e. The van der Waals surface area contributed by atoms with Crippen LogP contribution in [0.2, 0.25) is 0 Å². The molecule has 0 radical (unpaired) electrons. The van der Waals surface area contributed by atoms with Crippen LogP contribution in [-0.4, -0.2) is 47.4 Å². The quantitative estimate of drug-likeness (QED) is 0.698. The van der Waals surface area contributed by atoms with Crippen LogP contribution in [0.5, 0.6) is 0 Å². The minimum absolute atomic E-state index is 0.0580. The van der Waals surface area contributed by atoms with Crippen molar-refractivity contribution in [3.8, 4) is 0 Å². The summed E-state index contributed by atoms with van der Waals surface area (Å²) in [5.41, 5.74) is 0. The number of esters is 1. The van der Waals surface area contributed by atoms with Crippen molar-refractivity contribution >= 4 is 16.0 Å². The molecule has 1 aromatic rings. The Labute approximate surface area is 119 Å². The summed E-state index contributed by atoms with van der Waals surface area (Å²) in [6, 6.07) is -0.365. The molecular weight excluding hydrogens is 282 g/mol. The van der Waals surface area contributed by atoms with Gasteiger partial charge in [-0.3, -0.25) is 4.79 Å². The van der Waals surface area contributed by atoms with Crippen LogP contribution in [0.1, 0.15) is 27.7 Å². The van der Waals surface area contributed by atoms with Gasteiger partial charge < -0.3 is 9.30 Å². The number of aryl methyl sites for hydroxylation is 1. The largest absolute Gasteiger partial charge is 0.465 e. The third-order valence-electron chi connectivity index (χ3n) is 2.71. The van der Waals surface area contributed by atoms with Gasteiger partial charge in [0.05, 0.1) is 12.9 Å². The average Bonchev–Trinajstić information content (AvgIpc) is 2.85. The van der Waals surface area contributed by atoms with E-state index in [4.69, 9.17) is 4.74 Å². The van der Waals surface area contributed by atoms with E-state index in [-0.39, 0.29) is 24.2 Å². The van der Waals surface area contributed by atoms with E-state index in [0.717, 1.165) is 4.31 Å². The van der Waals surface area contributed by atoms with Crippen molar-refractivity contribution in [2.75, 3.05) is 13.2 Å². The van der Waals surface area contributed by atoms with Gasteiger partial charge in [0.1, 0.15) is 6.54 Å². The van der Waals surface area contributed by atoms with Crippen LogP contribution in [0, 0.1) is 0 Å². The van der Waals surface area contributed by atoms with Gasteiger partial charge in [-0.25, -0.2) is 13.4 Å². The minimum Gasteiger partial charge on any atom is -0.465 e. The van der Waals surface area contributed by atoms with Crippen molar-refractivity contribution in [1.29, 1.82) is 0 Å². The van der Waals surface area contributed by atoms with E-state index in [1.54, 1.807) is 25.3 Å². The summed E-state index contributed by atoms with van der Waals surface area (Å²) in [6.07, 6.45) is 2.91. The van der Waals surface area contributed by atoms with Crippen LogP contribution in [0.4, 0.5) is 0 Å². The number of carbonyl (C=O) groups excluding carboxylic acids is 1. The van der Waals surface area contributed by atoms with Crippen molar-refractivity contribution in [1.82, 2.24) is 13.9 Å². The Bertz CT molecular complexity index is 551. The molecule has 8 heteroatoms. The fourth-order valence-corrected chi connectivity index (χ4v) is 3.16. The maximum atomic E-state index is 12.5. The van der Waals surface area contributed by atoms with Crippen LogP contribution >= 0.6 is 0 Å². The Hall–Kier alpha value is -1.41. The van der Waals surface area contributed by atoms with Crippen LogP contribution in [0.25, 0.3) is 0 Å². The fourth-order valence-electron chi connectivity index (χ4n) is 1.64. The number of imidazole rings is 1. The molecule has 0 unspecified atom stereocenters. The van der Waals surface area contributed by atoms with Gasteiger partial charge in [0.25, 0.3) is 10.0 Å². The van der Waals surface area contributed by atoms with Gasteiger partial charge in [-0.2, -0.15) is 4.31 Å². The molecular formula is C12H21N3O4S. The third kappa shape index (κ3) is 3.80. The zero-order valence-electron chi connectivity index (χ0n) is 12.2. The van der Waals surface area contributed by atoms with Crippen molar-refractivity contribution in [3.63, 3.8) is 0 Å². The van der Waals surface area contributed by atoms with Crippen LogP contribution in [0.15, 0.2) is 17.6 Å².